The highest BCUT2D eigenvalue weighted by atomic mass is 35.5. The summed E-state index contributed by atoms with van der Waals surface area (Å²) in [5, 5.41) is 3.52. The highest BCUT2D eigenvalue weighted by Crippen LogP contribution is 2.32. The van der Waals surface area contributed by atoms with Crippen molar-refractivity contribution in [3.63, 3.8) is 0 Å². The van der Waals surface area contributed by atoms with Crippen LogP contribution in [0.25, 0.3) is 0 Å². The number of ether oxygens (including phenoxy) is 2. The molecule has 1 atom stereocenters. The number of carbonyl (C=O) groups is 1. The maximum absolute atomic E-state index is 12.4. The Kier molecular flexibility index (Phi) is 6.25. The van der Waals surface area contributed by atoms with Crippen LogP contribution in [0.5, 0.6) is 5.75 Å². The van der Waals surface area contributed by atoms with E-state index in [2.05, 4.69) is 10.2 Å². The molecule has 1 aliphatic heterocycles. The average molecular weight is 395 g/mol. The van der Waals surface area contributed by atoms with E-state index in [1.54, 1.807) is 25.1 Å². The molecule has 0 spiro atoms. The van der Waals surface area contributed by atoms with Crippen LogP contribution < -0.4 is 15.0 Å². The van der Waals surface area contributed by atoms with Gasteiger partial charge in [0.1, 0.15) is 10.8 Å². The van der Waals surface area contributed by atoms with Crippen LogP contribution in [-0.2, 0) is 9.53 Å². The summed E-state index contributed by atoms with van der Waals surface area (Å²) in [6.45, 7) is 4.88. The second kappa shape index (κ2) is 8.62. The number of nitrogens with zero attached hydrogens (tertiary/aromatic N) is 1. The minimum Gasteiger partial charge on any atom is -0.479 e. The van der Waals surface area contributed by atoms with Crippen LogP contribution in [0, 0.1) is 0 Å². The van der Waals surface area contributed by atoms with Crippen LogP contribution in [0.15, 0.2) is 42.5 Å². The molecular formula is C19H20Cl2N2O3. The summed E-state index contributed by atoms with van der Waals surface area (Å²) < 4.78 is 11.0. The third-order valence-corrected chi connectivity index (χ3v) is 4.90. The van der Waals surface area contributed by atoms with Crippen LogP contribution >= 0.6 is 23.2 Å². The first-order valence-corrected chi connectivity index (χ1v) is 9.14. The molecule has 1 N–H and O–H groups in total. The lowest BCUT2D eigenvalue weighted by Gasteiger charge is -2.29. The molecule has 2 aromatic rings. The summed E-state index contributed by atoms with van der Waals surface area (Å²) in [4.78, 5) is 14.6. The summed E-state index contributed by atoms with van der Waals surface area (Å²) in [5.41, 5.74) is 1.82. The van der Waals surface area contributed by atoms with Gasteiger partial charge in [0.25, 0.3) is 5.91 Å². The molecule has 138 valence electrons. The Bertz CT molecular complexity index is 762. The van der Waals surface area contributed by atoms with Crippen LogP contribution in [0.4, 0.5) is 11.4 Å². The van der Waals surface area contributed by atoms with Crippen LogP contribution in [0.3, 0.4) is 0 Å². The van der Waals surface area contributed by atoms with Gasteiger partial charge in [-0.25, -0.2) is 0 Å². The summed E-state index contributed by atoms with van der Waals surface area (Å²) >= 11 is 12.1. The fourth-order valence-electron chi connectivity index (χ4n) is 2.64. The molecular weight excluding hydrogens is 375 g/mol. The fraction of sp³-hybridized carbons (Fsp3) is 0.316. The minimum atomic E-state index is -0.718. The van der Waals surface area contributed by atoms with E-state index in [-0.39, 0.29) is 5.91 Å². The molecule has 1 aliphatic rings. The van der Waals surface area contributed by atoms with Crippen LogP contribution in [0.2, 0.25) is 10.0 Å². The number of hydrogen-bond acceptors (Lipinski definition) is 4. The lowest BCUT2D eigenvalue weighted by molar-refractivity contribution is -0.122. The van der Waals surface area contributed by atoms with Crippen LogP contribution in [0.1, 0.15) is 6.92 Å². The number of halogens is 2. The van der Waals surface area contributed by atoms with Crippen molar-refractivity contribution < 1.29 is 14.3 Å². The van der Waals surface area contributed by atoms with E-state index in [1.807, 2.05) is 24.3 Å². The first-order chi connectivity index (χ1) is 12.5. The van der Waals surface area contributed by atoms with Crippen molar-refractivity contribution in [2.45, 2.75) is 13.0 Å². The number of carbonyl (C=O) groups excluding carboxylic acids is 1. The Labute approximate surface area is 162 Å². The van der Waals surface area contributed by atoms with E-state index in [0.717, 1.165) is 32.0 Å². The zero-order valence-electron chi connectivity index (χ0n) is 14.4. The lowest BCUT2D eigenvalue weighted by Crippen LogP contribution is -2.36. The Hall–Kier alpha value is -1.95. The van der Waals surface area contributed by atoms with Crippen molar-refractivity contribution in [1.29, 1.82) is 0 Å². The average Bonchev–Trinajstić information content (AvgIpc) is 2.66. The molecule has 0 saturated carbocycles. The lowest BCUT2D eigenvalue weighted by atomic mass is 10.2. The fourth-order valence-corrected chi connectivity index (χ4v) is 2.98. The highest BCUT2D eigenvalue weighted by molar-refractivity contribution is 6.42. The van der Waals surface area contributed by atoms with Gasteiger partial charge in [0.15, 0.2) is 6.10 Å². The molecule has 7 heteroatoms. The smallest absolute Gasteiger partial charge is 0.265 e. The summed E-state index contributed by atoms with van der Waals surface area (Å²) in [5.74, 6) is 0.115. The maximum Gasteiger partial charge on any atom is 0.265 e. The van der Waals surface area contributed by atoms with Gasteiger partial charge in [-0.15, -0.1) is 0 Å². The van der Waals surface area contributed by atoms with Gasteiger partial charge in [-0.05, 0) is 43.3 Å². The first kappa shape index (κ1) is 18.8. The van der Waals surface area contributed by atoms with Gasteiger partial charge in [0, 0.05) is 24.5 Å². The molecule has 1 fully saturated rings. The Morgan fingerprint density at radius 2 is 1.85 bits per heavy atom. The molecule has 2 aromatic carbocycles. The Morgan fingerprint density at radius 1 is 1.15 bits per heavy atom. The van der Waals surface area contributed by atoms with E-state index in [4.69, 9.17) is 32.7 Å². The van der Waals surface area contributed by atoms with Gasteiger partial charge in [-0.3, -0.25) is 4.79 Å². The summed E-state index contributed by atoms with van der Waals surface area (Å²) in [6.07, 6.45) is -0.718. The highest BCUT2D eigenvalue weighted by Gasteiger charge is 2.17. The van der Waals surface area contributed by atoms with E-state index in [1.165, 1.54) is 0 Å². The van der Waals surface area contributed by atoms with E-state index >= 15 is 0 Å². The summed E-state index contributed by atoms with van der Waals surface area (Å²) in [7, 11) is 0. The Balaban J connectivity index is 1.59. The van der Waals surface area contributed by atoms with Gasteiger partial charge in [-0.2, -0.15) is 0 Å². The first-order valence-electron chi connectivity index (χ1n) is 8.39. The predicted molar refractivity (Wildman–Crippen MR) is 105 cm³/mol. The number of nitrogens with one attached hydrogen (secondary N) is 1. The normalized spacial score (nSPS) is 15.4. The zero-order valence-corrected chi connectivity index (χ0v) is 15.9. The van der Waals surface area contributed by atoms with Crippen molar-refractivity contribution >= 4 is 40.5 Å². The quantitative estimate of drug-likeness (QED) is 0.823. The largest absolute Gasteiger partial charge is 0.479 e. The number of benzene rings is 2. The van der Waals surface area contributed by atoms with Gasteiger partial charge < -0.3 is 19.7 Å². The Morgan fingerprint density at radius 3 is 2.54 bits per heavy atom. The number of rotatable bonds is 5. The predicted octanol–water partition coefficient (Wildman–Crippen LogP) is 4.24. The van der Waals surface area contributed by atoms with Crippen molar-refractivity contribution in [1.82, 2.24) is 0 Å². The van der Waals surface area contributed by atoms with Crippen molar-refractivity contribution in [3.05, 3.63) is 52.5 Å². The van der Waals surface area contributed by atoms with E-state index < -0.39 is 6.10 Å². The van der Waals surface area contributed by atoms with Crippen molar-refractivity contribution in [3.8, 4) is 5.75 Å². The SMILES string of the molecule is C[C@@H](Oc1cccc(Cl)c1Cl)C(=O)Nc1ccc(N2CCOCC2)cc1. The molecule has 1 heterocycles. The second-order valence-electron chi connectivity index (χ2n) is 5.95. The topological polar surface area (TPSA) is 50.8 Å². The number of morpholine rings is 1. The third kappa shape index (κ3) is 4.61. The standard InChI is InChI=1S/C19H20Cl2N2O3/c1-13(26-17-4-2-3-16(20)18(17)21)19(24)22-14-5-7-15(8-6-14)23-9-11-25-12-10-23/h2-8,13H,9-12H2,1H3,(H,22,24)/t13-/m1/s1. The molecule has 0 aromatic heterocycles. The van der Waals surface area contributed by atoms with Gasteiger partial charge in [-0.1, -0.05) is 29.3 Å². The molecule has 0 bridgehead atoms. The molecule has 1 amide bonds. The van der Waals surface area contributed by atoms with Crippen molar-refractivity contribution in [2.24, 2.45) is 0 Å². The molecule has 0 radical (unpaired) electrons. The summed E-state index contributed by atoms with van der Waals surface area (Å²) in [6, 6.07) is 12.8. The van der Waals surface area contributed by atoms with Gasteiger partial charge >= 0.3 is 0 Å². The zero-order chi connectivity index (χ0) is 18.5. The third-order valence-electron chi connectivity index (χ3n) is 4.10. The molecule has 1 saturated heterocycles. The molecule has 0 aliphatic carbocycles. The van der Waals surface area contributed by atoms with Crippen LogP contribution in [-0.4, -0.2) is 38.3 Å². The molecule has 5 nitrogen and oxygen atoms in total. The molecule has 3 rings (SSSR count). The molecule has 0 unspecified atom stereocenters. The van der Waals surface area contributed by atoms with E-state index in [0.29, 0.717) is 21.5 Å². The number of hydrogen-bond donors (Lipinski definition) is 1. The molecule has 26 heavy (non-hydrogen) atoms. The van der Waals surface area contributed by atoms with Gasteiger partial charge in [0.05, 0.1) is 18.2 Å². The minimum absolute atomic E-state index is 0.264. The van der Waals surface area contributed by atoms with Crippen molar-refractivity contribution in [2.75, 3.05) is 36.5 Å². The van der Waals surface area contributed by atoms with Gasteiger partial charge in [0.2, 0.25) is 0 Å². The number of anilines is 2. The maximum atomic E-state index is 12.4. The number of amides is 1. The van der Waals surface area contributed by atoms with E-state index in [9.17, 15) is 4.79 Å². The second-order valence-corrected chi connectivity index (χ2v) is 6.73. The monoisotopic (exact) mass is 394 g/mol.